The molecule has 0 radical (unpaired) electrons. The van der Waals surface area contributed by atoms with E-state index in [1.807, 2.05) is 6.08 Å². The number of aryl methyl sites for hydroxylation is 1. The minimum Gasteiger partial charge on any atom is -0.210 e. The number of halogens is 2. The lowest BCUT2D eigenvalue weighted by Gasteiger charge is -2.38. The second-order valence-corrected chi connectivity index (χ2v) is 9.33. The maximum Gasteiger partial charge on any atom is 0.242 e. The Morgan fingerprint density at radius 1 is 0.857 bits per heavy atom. The van der Waals surface area contributed by atoms with E-state index >= 15 is 0 Å². The first kappa shape index (κ1) is 21.5. The molecule has 0 heterocycles. The van der Waals surface area contributed by atoms with E-state index < -0.39 is 6.43 Å². The zero-order valence-electron chi connectivity index (χ0n) is 17.6. The molecule has 2 aliphatic carbocycles. The lowest BCUT2D eigenvalue weighted by Crippen LogP contribution is -2.25. The number of allylic oxidation sites excluding steroid dienone is 2. The predicted molar refractivity (Wildman–Crippen MR) is 115 cm³/mol. The van der Waals surface area contributed by atoms with Crippen molar-refractivity contribution in [1.29, 1.82) is 0 Å². The second kappa shape index (κ2) is 11.1. The van der Waals surface area contributed by atoms with Crippen LogP contribution in [0.5, 0.6) is 0 Å². The lowest BCUT2D eigenvalue weighted by atomic mass is 9.68. The molecule has 0 unspecified atom stereocenters. The molecule has 0 aliphatic heterocycles. The Kier molecular flexibility index (Phi) is 8.55. The number of hydrogen-bond donors (Lipinski definition) is 0. The van der Waals surface area contributed by atoms with Gasteiger partial charge in [0.05, 0.1) is 0 Å². The molecule has 0 nitrogen and oxygen atoms in total. The summed E-state index contributed by atoms with van der Waals surface area (Å²) >= 11 is 0. The lowest BCUT2D eigenvalue weighted by molar-refractivity contribution is 0.152. The van der Waals surface area contributed by atoms with Gasteiger partial charge in [-0.25, -0.2) is 8.78 Å². The third kappa shape index (κ3) is 6.71. The van der Waals surface area contributed by atoms with Crippen molar-refractivity contribution in [2.75, 3.05) is 0 Å². The van der Waals surface area contributed by atoms with Crippen molar-refractivity contribution in [2.24, 2.45) is 17.8 Å². The van der Waals surface area contributed by atoms with Crippen LogP contribution in [0.1, 0.15) is 94.1 Å². The van der Waals surface area contributed by atoms with E-state index in [9.17, 15) is 8.78 Å². The van der Waals surface area contributed by atoms with Crippen LogP contribution in [0.3, 0.4) is 0 Å². The molecule has 1 aromatic carbocycles. The molecule has 0 saturated heterocycles. The van der Waals surface area contributed by atoms with Crippen LogP contribution in [-0.2, 0) is 0 Å². The van der Waals surface area contributed by atoms with Gasteiger partial charge in [0.25, 0.3) is 0 Å². The van der Waals surface area contributed by atoms with E-state index in [1.54, 1.807) is 11.6 Å². The Morgan fingerprint density at radius 2 is 1.46 bits per heavy atom. The van der Waals surface area contributed by atoms with Crippen molar-refractivity contribution in [3.8, 4) is 0 Å². The average Bonchev–Trinajstić information content (AvgIpc) is 2.72. The Morgan fingerprint density at radius 3 is 2.07 bits per heavy atom. The Labute approximate surface area is 170 Å². The van der Waals surface area contributed by atoms with Gasteiger partial charge in [0.1, 0.15) is 0 Å². The second-order valence-electron chi connectivity index (χ2n) is 9.33. The highest BCUT2D eigenvalue weighted by Gasteiger charge is 2.31. The first-order valence-corrected chi connectivity index (χ1v) is 11.6. The fraction of sp³-hybridized carbons (Fsp3) is 0.692. The summed E-state index contributed by atoms with van der Waals surface area (Å²) in [5, 5.41) is 0. The van der Waals surface area contributed by atoms with Crippen molar-refractivity contribution < 1.29 is 8.78 Å². The van der Waals surface area contributed by atoms with Crippen LogP contribution < -0.4 is 0 Å². The molecule has 28 heavy (non-hydrogen) atoms. The standard InChI is InChI=1S/C26H38F2/c1-20-8-12-22(13-9-20)24-16-18-25(19-17-24)23-14-10-21(11-15-23)6-4-2-3-5-7-26(27)28/h3,5,8-9,12-13,21,23-26H,2,4,6-7,10-11,14-19H2,1H3/b5-3+. The average molecular weight is 389 g/mol. The van der Waals surface area contributed by atoms with E-state index in [-0.39, 0.29) is 6.42 Å². The minimum absolute atomic E-state index is 0.0860. The molecule has 1 aromatic rings. The molecule has 156 valence electrons. The predicted octanol–water partition coefficient (Wildman–Crippen LogP) is 8.46. The van der Waals surface area contributed by atoms with Crippen LogP contribution in [0.15, 0.2) is 36.4 Å². The van der Waals surface area contributed by atoms with Gasteiger partial charge in [-0.15, -0.1) is 0 Å². The van der Waals surface area contributed by atoms with Gasteiger partial charge in [0.15, 0.2) is 0 Å². The summed E-state index contributed by atoms with van der Waals surface area (Å²) in [5.41, 5.74) is 2.91. The quantitative estimate of drug-likeness (QED) is 0.309. The van der Waals surface area contributed by atoms with Crippen molar-refractivity contribution in [2.45, 2.75) is 96.3 Å². The highest BCUT2D eigenvalue weighted by molar-refractivity contribution is 5.24. The Bertz CT molecular complexity index is 573. The van der Waals surface area contributed by atoms with Crippen LogP contribution >= 0.6 is 0 Å². The fourth-order valence-corrected chi connectivity index (χ4v) is 5.55. The van der Waals surface area contributed by atoms with Gasteiger partial charge < -0.3 is 0 Å². The molecule has 0 spiro atoms. The number of hydrogen-bond acceptors (Lipinski definition) is 0. The molecule has 3 rings (SSSR count). The zero-order valence-corrected chi connectivity index (χ0v) is 17.6. The monoisotopic (exact) mass is 388 g/mol. The molecule has 2 saturated carbocycles. The van der Waals surface area contributed by atoms with Crippen LogP contribution in [0.25, 0.3) is 0 Å². The maximum atomic E-state index is 12.1. The number of benzene rings is 1. The largest absolute Gasteiger partial charge is 0.242 e. The summed E-state index contributed by atoms with van der Waals surface area (Å²) in [5.74, 6) is 3.58. The van der Waals surface area contributed by atoms with Crippen molar-refractivity contribution in [3.63, 3.8) is 0 Å². The molecule has 2 aliphatic rings. The van der Waals surface area contributed by atoms with Crippen LogP contribution in [-0.4, -0.2) is 6.43 Å². The molecule has 0 amide bonds. The van der Waals surface area contributed by atoms with Crippen LogP contribution in [0.4, 0.5) is 8.78 Å². The maximum absolute atomic E-state index is 12.1. The highest BCUT2D eigenvalue weighted by atomic mass is 19.3. The number of rotatable bonds is 8. The van der Waals surface area contributed by atoms with Gasteiger partial charge in [-0.3, -0.25) is 0 Å². The van der Waals surface area contributed by atoms with Crippen molar-refractivity contribution in [3.05, 3.63) is 47.5 Å². The van der Waals surface area contributed by atoms with Crippen molar-refractivity contribution >= 4 is 0 Å². The smallest absolute Gasteiger partial charge is 0.210 e. The van der Waals surface area contributed by atoms with Gasteiger partial charge in [-0.2, -0.15) is 0 Å². The zero-order chi connectivity index (χ0) is 19.8. The third-order valence-corrected chi connectivity index (χ3v) is 7.34. The number of alkyl halides is 2. The molecule has 0 aromatic heterocycles. The van der Waals surface area contributed by atoms with E-state index in [2.05, 4.69) is 31.2 Å². The van der Waals surface area contributed by atoms with Crippen LogP contribution in [0.2, 0.25) is 0 Å². The normalized spacial score (nSPS) is 28.9. The molecule has 0 N–H and O–H groups in total. The molecular formula is C26H38F2. The summed E-state index contributed by atoms with van der Waals surface area (Å²) in [7, 11) is 0. The molecule has 2 heteroatoms. The molecule has 2 fully saturated rings. The first-order valence-electron chi connectivity index (χ1n) is 11.6. The summed E-state index contributed by atoms with van der Waals surface area (Å²) in [6.07, 6.45) is 15.9. The van der Waals surface area contributed by atoms with Gasteiger partial charge in [0, 0.05) is 6.42 Å². The Balaban J connectivity index is 1.31. The van der Waals surface area contributed by atoms with E-state index in [4.69, 9.17) is 0 Å². The van der Waals surface area contributed by atoms with E-state index in [0.29, 0.717) is 0 Å². The summed E-state index contributed by atoms with van der Waals surface area (Å²) in [4.78, 5) is 0. The van der Waals surface area contributed by atoms with Gasteiger partial charge in [-0.05, 0) is 87.5 Å². The molecule has 0 atom stereocenters. The van der Waals surface area contributed by atoms with Gasteiger partial charge in [0.2, 0.25) is 6.43 Å². The highest BCUT2D eigenvalue weighted by Crippen LogP contribution is 2.44. The fourth-order valence-electron chi connectivity index (χ4n) is 5.55. The minimum atomic E-state index is -2.20. The van der Waals surface area contributed by atoms with Gasteiger partial charge >= 0.3 is 0 Å². The summed E-state index contributed by atoms with van der Waals surface area (Å²) in [6, 6.07) is 9.21. The SMILES string of the molecule is Cc1ccc(C2CCC(C3CCC(CCC/C=C/CC(F)F)CC3)CC2)cc1. The third-order valence-electron chi connectivity index (χ3n) is 7.34. The van der Waals surface area contributed by atoms with Crippen molar-refractivity contribution in [1.82, 2.24) is 0 Å². The van der Waals surface area contributed by atoms with E-state index in [1.165, 1.54) is 63.4 Å². The van der Waals surface area contributed by atoms with Gasteiger partial charge in [-0.1, -0.05) is 61.2 Å². The summed E-state index contributed by atoms with van der Waals surface area (Å²) < 4.78 is 24.2. The number of unbranched alkanes of at least 4 members (excludes halogenated alkanes) is 1. The molecular weight excluding hydrogens is 350 g/mol. The first-order chi connectivity index (χ1) is 13.6. The van der Waals surface area contributed by atoms with E-state index in [0.717, 1.165) is 36.5 Å². The van der Waals surface area contributed by atoms with Crippen LogP contribution in [0, 0.1) is 24.7 Å². The molecule has 0 bridgehead atoms. The topological polar surface area (TPSA) is 0 Å². The Hall–Kier alpha value is -1.18. The summed E-state index contributed by atoms with van der Waals surface area (Å²) in [6.45, 7) is 2.17.